The van der Waals surface area contributed by atoms with Crippen molar-refractivity contribution in [3.05, 3.63) is 30.2 Å². The summed E-state index contributed by atoms with van der Waals surface area (Å²) in [5.74, 6) is -0.353. The van der Waals surface area contributed by atoms with E-state index in [1.807, 2.05) is 17.7 Å². The number of rotatable bonds is 3. The Hall–Kier alpha value is -2.17. The normalized spacial score (nSPS) is 11.2. The first-order valence-corrected chi connectivity index (χ1v) is 5.32. The number of fused-ring (bicyclic) bond motifs is 1. The number of esters is 1. The van der Waals surface area contributed by atoms with Gasteiger partial charge < -0.3 is 9.30 Å². The molecule has 2 heterocycles. The standard InChI is InChI=1S/C12H13N3O2/c1-3-17-11(16)5-4-9-6-10-12(13-7-9)15(2)8-14-10/h4-8H,3H2,1-2H3/b5-4+. The van der Waals surface area contributed by atoms with Crippen LogP contribution in [0.3, 0.4) is 0 Å². The zero-order valence-electron chi connectivity index (χ0n) is 9.75. The van der Waals surface area contributed by atoms with E-state index in [-0.39, 0.29) is 5.97 Å². The maximum absolute atomic E-state index is 11.1. The minimum atomic E-state index is -0.353. The molecule has 0 spiro atoms. The summed E-state index contributed by atoms with van der Waals surface area (Å²) in [6.07, 6.45) is 6.45. The number of carbonyl (C=O) groups is 1. The van der Waals surface area contributed by atoms with E-state index in [2.05, 4.69) is 9.97 Å². The van der Waals surface area contributed by atoms with E-state index in [0.29, 0.717) is 6.61 Å². The third-order valence-electron chi connectivity index (χ3n) is 2.27. The van der Waals surface area contributed by atoms with Crippen molar-refractivity contribution in [3.8, 4) is 0 Å². The van der Waals surface area contributed by atoms with Gasteiger partial charge in [0.25, 0.3) is 0 Å². The van der Waals surface area contributed by atoms with Crippen molar-refractivity contribution in [1.82, 2.24) is 14.5 Å². The average molecular weight is 231 g/mol. The van der Waals surface area contributed by atoms with Gasteiger partial charge in [-0.25, -0.2) is 14.8 Å². The lowest BCUT2D eigenvalue weighted by atomic mass is 10.2. The summed E-state index contributed by atoms with van der Waals surface area (Å²) in [5.41, 5.74) is 2.45. The lowest BCUT2D eigenvalue weighted by Gasteiger charge is -1.96. The van der Waals surface area contributed by atoms with Crippen LogP contribution in [0.25, 0.3) is 17.2 Å². The molecule has 5 nitrogen and oxygen atoms in total. The quantitative estimate of drug-likeness (QED) is 0.594. The van der Waals surface area contributed by atoms with Gasteiger partial charge in [-0.2, -0.15) is 0 Å². The summed E-state index contributed by atoms with van der Waals surface area (Å²) < 4.78 is 6.63. The van der Waals surface area contributed by atoms with E-state index in [9.17, 15) is 4.79 Å². The first-order valence-electron chi connectivity index (χ1n) is 5.32. The van der Waals surface area contributed by atoms with Crippen LogP contribution in [0.1, 0.15) is 12.5 Å². The highest BCUT2D eigenvalue weighted by atomic mass is 16.5. The molecular weight excluding hydrogens is 218 g/mol. The molecule has 5 heteroatoms. The second-order valence-electron chi connectivity index (χ2n) is 3.55. The molecule has 0 aromatic carbocycles. The van der Waals surface area contributed by atoms with Gasteiger partial charge >= 0.3 is 5.97 Å². The van der Waals surface area contributed by atoms with Crippen LogP contribution in [0, 0.1) is 0 Å². The lowest BCUT2D eigenvalue weighted by Crippen LogP contribution is -1.98. The van der Waals surface area contributed by atoms with Gasteiger partial charge in [0.15, 0.2) is 5.65 Å². The molecule has 2 aromatic heterocycles. The minimum Gasteiger partial charge on any atom is -0.463 e. The van der Waals surface area contributed by atoms with Crippen LogP contribution in [0.5, 0.6) is 0 Å². The van der Waals surface area contributed by atoms with E-state index in [0.717, 1.165) is 16.7 Å². The summed E-state index contributed by atoms with van der Waals surface area (Å²) in [4.78, 5) is 19.6. The molecule has 88 valence electrons. The minimum absolute atomic E-state index is 0.353. The van der Waals surface area contributed by atoms with E-state index >= 15 is 0 Å². The molecular formula is C12H13N3O2. The van der Waals surface area contributed by atoms with Crippen LogP contribution in [0.15, 0.2) is 24.7 Å². The monoisotopic (exact) mass is 231 g/mol. The van der Waals surface area contributed by atoms with Gasteiger partial charge in [-0.1, -0.05) is 0 Å². The Kier molecular flexibility index (Phi) is 3.18. The summed E-state index contributed by atoms with van der Waals surface area (Å²) >= 11 is 0. The molecule has 0 bridgehead atoms. The van der Waals surface area contributed by atoms with Gasteiger partial charge in [-0.05, 0) is 24.6 Å². The number of ether oxygens (including phenoxy) is 1. The molecule has 2 rings (SSSR count). The maximum atomic E-state index is 11.1. The van der Waals surface area contributed by atoms with Crippen LogP contribution < -0.4 is 0 Å². The Morgan fingerprint density at radius 2 is 2.35 bits per heavy atom. The molecule has 0 atom stereocenters. The van der Waals surface area contributed by atoms with Gasteiger partial charge in [0.05, 0.1) is 12.9 Å². The van der Waals surface area contributed by atoms with Gasteiger partial charge in [-0.15, -0.1) is 0 Å². The zero-order valence-corrected chi connectivity index (χ0v) is 9.75. The van der Waals surface area contributed by atoms with Gasteiger partial charge in [0.2, 0.25) is 0 Å². The molecule has 0 aliphatic heterocycles. The number of pyridine rings is 1. The highest BCUT2D eigenvalue weighted by molar-refractivity contribution is 5.87. The van der Waals surface area contributed by atoms with Crippen molar-refractivity contribution in [2.24, 2.45) is 7.05 Å². The number of imidazole rings is 1. The van der Waals surface area contributed by atoms with Crippen molar-refractivity contribution in [3.63, 3.8) is 0 Å². The third-order valence-corrected chi connectivity index (χ3v) is 2.27. The molecule has 0 saturated heterocycles. The van der Waals surface area contributed by atoms with E-state index < -0.39 is 0 Å². The van der Waals surface area contributed by atoms with Crippen molar-refractivity contribution in [1.29, 1.82) is 0 Å². The molecule has 0 unspecified atom stereocenters. The largest absolute Gasteiger partial charge is 0.463 e. The second-order valence-corrected chi connectivity index (χ2v) is 3.55. The number of hydrogen-bond donors (Lipinski definition) is 0. The zero-order chi connectivity index (χ0) is 12.3. The van der Waals surface area contributed by atoms with Crippen LogP contribution in [-0.4, -0.2) is 27.1 Å². The van der Waals surface area contributed by atoms with E-state index in [1.54, 1.807) is 25.5 Å². The fourth-order valence-corrected chi connectivity index (χ4v) is 1.48. The SMILES string of the molecule is CCOC(=O)/C=C/c1cnc2c(c1)ncn2C. The molecule has 0 aliphatic carbocycles. The molecule has 0 saturated carbocycles. The Morgan fingerprint density at radius 1 is 1.53 bits per heavy atom. The smallest absolute Gasteiger partial charge is 0.330 e. The summed E-state index contributed by atoms with van der Waals surface area (Å²) in [5, 5.41) is 0. The average Bonchev–Trinajstić information content (AvgIpc) is 2.69. The van der Waals surface area contributed by atoms with Crippen molar-refractivity contribution in [2.75, 3.05) is 6.61 Å². The summed E-state index contributed by atoms with van der Waals surface area (Å²) in [6.45, 7) is 2.15. The van der Waals surface area contributed by atoms with E-state index in [4.69, 9.17) is 4.74 Å². The first-order chi connectivity index (χ1) is 8.20. The highest BCUT2D eigenvalue weighted by Crippen LogP contribution is 2.11. The van der Waals surface area contributed by atoms with Crippen LogP contribution in [0.4, 0.5) is 0 Å². The van der Waals surface area contributed by atoms with Crippen LogP contribution in [-0.2, 0) is 16.6 Å². The van der Waals surface area contributed by atoms with E-state index in [1.165, 1.54) is 6.08 Å². The molecule has 0 fully saturated rings. The predicted octanol–water partition coefficient (Wildman–Crippen LogP) is 1.54. The van der Waals surface area contributed by atoms with Crippen molar-refractivity contribution in [2.45, 2.75) is 6.92 Å². The Labute approximate surface area is 98.7 Å². The fraction of sp³-hybridized carbons (Fsp3) is 0.250. The summed E-state index contributed by atoms with van der Waals surface area (Å²) in [7, 11) is 1.89. The molecule has 0 amide bonds. The van der Waals surface area contributed by atoms with Crippen molar-refractivity contribution >= 4 is 23.2 Å². The third kappa shape index (κ3) is 2.50. The van der Waals surface area contributed by atoms with Gasteiger partial charge in [0.1, 0.15) is 5.52 Å². The number of carbonyl (C=O) groups excluding carboxylic acids is 1. The number of aromatic nitrogens is 3. The van der Waals surface area contributed by atoms with Gasteiger partial charge in [-0.3, -0.25) is 0 Å². The van der Waals surface area contributed by atoms with Gasteiger partial charge in [0, 0.05) is 19.3 Å². The molecule has 17 heavy (non-hydrogen) atoms. The molecule has 2 aromatic rings. The number of aryl methyl sites for hydroxylation is 1. The number of nitrogens with zero attached hydrogens (tertiary/aromatic N) is 3. The second kappa shape index (κ2) is 4.78. The maximum Gasteiger partial charge on any atom is 0.330 e. The molecule has 0 aliphatic rings. The summed E-state index contributed by atoms with van der Waals surface area (Å²) in [6, 6.07) is 1.87. The Balaban J connectivity index is 2.22. The predicted molar refractivity (Wildman–Crippen MR) is 64.2 cm³/mol. The first kappa shape index (κ1) is 11.3. The lowest BCUT2D eigenvalue weighted by molar-refractivity contribution is -0.137. The van der Waals surface area contributed by atoms with Crippen LogP contribution >= 0.6 is 0 Å². The molecule has 0 radical (unpaired) electrons. The Bertz CT molecular complexity index is 572. The number of hydrogen-bond acceptors (Lipinski definition) is 4. The fourth-order valence-electron chi connectivity index (χ4n) is 1.48. The molecule has 0 N–H and O–H groups in total. The van der Waals surface area contributed by atoms with Crippen LogP contribution in [0.2, 0.25) is 0 Å². The van der Waals surface area contributed by atoms with Crippen molar-refractivity contribution < 1.29 is 9.53 Å². The topological polar surface area (TPSA) is 57.0 Å². The highest BCUT2D eigenvalue weighted by Gasteiger charge is 2.01. The Morgan fingerprint density at radius 3 is 3.12 bits per heavy atom.